The first-order chi connectivity index (χ1) is 19.8. The van der Waals surface area contributed by atoms with Crippen LogP contribution in [-0.2, 0) is 20.7 Å². The molecule has 10 nitrogen and oxygen atoms in total. The molecule has 10 heteroatoms. The normalized spacial score (nSPS) is 18.2. The zero-order chi connectivity index (χ0) is 29.0. The van der Waals surface area contributed by atoms with Crippen molar-refractivity contribution in [3.05, 3.63) is 54.1 Å². The first kappa shape index (κ1) is 28.6. The van der Waals surface area contributed by atoms with E-state index in [0.29, 0.717) is 43.4 Å². The summed E-state index contributed by atoms with van der Waals surface area (Å²) in [5.41, 5.74) is 14.4. The van der Waals surface area contributed by atoms with Crippen LogP contribution in [0.5, 0.6) is 0 Å². The number of amidine groups is 1. The van der Waals surface area contributed by atoms with Crippen LogP contribution in [0.25, 0.3) is 11.0 Å². The van der Waals surface area contributed by atoms with Crippen LogP contribution >= 0.6 is 0 Å². The van der Waals surface area contributed by atoms with Crippen molar-refractivity contribution >= 4 is 34.4 Å². The fourth-order valence-corrected chi connectivity index (χ4v) is 6.76. The lowest BCUT2D eigenvalue weighted by molar-refractivity contribution is -0.157. The second-order valence-corrected chi connectivity index (χ2v) is 11.5. The standard InChI is InChI=1S/C31H41N7O3/c1-2-41-30(40)31(14-18-37(19-15-31)23-11-16-35-17-12-23)13-10-26-36-24-20-22(28(32)33)8-9-25(24)38(26)27(29(34)39)21-6-4-3-5-7-21/h8-9,11-12,16-17,20-21,27H,2-7,10,13-15,18-19H2,1H3,(H3,32,33)(H2,34,39). The molecule has 1 aliphatic carbocycles. The number of aryl methyl sites for hydroxylation is 1. The average molecular weight is 560 g/mol. The molecule has 3 heterocycles. The number of esters is 1. The van der Waals surface area contributed by atoms with Crippen molar-refractivity contribution in [1.82, 2.24) is 14.5 Å². The van der Waals surface area contributed by atoms with Gasteiger partial charge in [0.25, 0.3) is 0 Å². The van der Waals surface area contributed by atoms with E-state index in [9.17, 15) is 9.59 Å². The third kappa shape index (κ3) is 5.92. The summed E-state index contributed by atoms with van der Waals surface area (Å²) >= 11 is 0. The van der Waals surface area contributed by atoms with Crippen molar-refractivity contribution < 1.29 is 14.3 Å². The molecular weight excluding hydrogens is 518 g/mol. The molecule has 1 aromatic carbocycles. The highest BCUT2D eigenvalue weighted by molar-refractivity contribution is 5.98. The number of nitrogens with zero attached hydrogens (tertiary/aromatic N) is 4. The van der Waals surface area contributed by atoms with E-state index >= 15 is 0 Å². The van der Waals surface area contributed by atoms with E-state index in [0.717, 1.165) is 55.8 Å². The minimum atomic E-state index is -0.653. The Bertz CT molecular complexity index is 1390. The zero-order valence-corrected chi connectivity index (χ0v) is 23.8. The second-order valence-electron chi connectivity index (χ2n) is 11.5. The fourth-order valence-electron chi connectivity index (χ4n) is 6.76. The summed E-state index contributed by atoms with van der Waals surface area (Å²) in [6.07, 6.45) is 11.1. The van der Waals surface area contributed by atoms with Crippen LogP contribution < -0.4 is 16.4 Å². The van der Waals surface area contributed by atoms with Gasteiger partial charge in [-0.15, -0.1) is 0 Å². The number of rotatable bonds is 10. The van der Waals surface area contributed by atoms with Gasteiger partial charge in [0, 0.05) is 43.2 Å². The number of carbonyl (C=O) groups is 2. The maximum atomic E-state index is 13.5. The molecule has 2 aliphatic rings. The summed E-state index contributed by atoms with van der Waals surface area (Å²) < 4.78 is 7.64. The number of ether oxygens (including phenoxy) is 1. The number of amides is 1. The Labute approximate surface area is 241 Å². The number of anilines is 1. The van der Waals surface area contributed by atoms with E-state index in [-0.39, 0.29) is 23.6 Å². The van der Waals surface area contributed by atoms with Crippen LogP contribution in [0.2, 0.25) is 0 Å². The van der Waals surface area contributed by atoms with Gasteiger partial charge in [-0.2, -0.15) is 0 Å². The molecule has 1 amide bonds. The van der Waals surface area contributed by atoms with Crippen molar-refractivity contribution in [2.24, 2.45) is 22.8 Å². The third-order valence-electron chi connectivity index (χ3n) is 9.02. The SMILES string of the molecule is CCOC(=O)C1(CCc2nc3cc(C(=N)N)ccc3n2C(C(N)=O)C2CCCCC2)CCN(c2ccncc2)CC1. The largest absolute Gasteiger partial charge is 0.466 e. The summed E-state index contributed by atoms with van der Waals surface area (Å²) in [5, 5.41) is 7.90. The summed E-state index contributed by atoms with van der Waals surface area (Å²) in [5.74, 6) is 0.292. The number of imidazole rings is 1. The van der Waals surface area contributed by atoms with Gasteiger partial charge < -0.3 is 25.7 Å². The van der Waals surface area contributed by atoms with Gasteiger partial charge in [0.15, 0.2) is 0 Å². The Balaban J connectivity index is 1.48. The Kier molecular flexibility index (Phi) is 8.56. The molecule has 2 aromatic heterocycles. The van der Waals surface area contributed by atoms with Gasteiger partial charge in [0.1, 0.15) is 17.7 Å². The third-order valence-corrected chi connectivity index (χ3v) is 9.02. The number of nitrogens with one attached hydrogen (secondary N) is 1. The fraction of sp³-hybridized carbons (Fsp3) is 0.516. The van der Waals surface area contributed by atoms with Crippen LogP contribution in [-0.4, -0.2) is 51.9 Å². The van der Waals surface area contributed by atoms with E-state index < -0.39 is 11.5 Å². The number of nitrogen functional groups attached to an aromatic ring is 1. The molecule has 1 aliphatic heterocycles. The topological polar surface area (TPSA) is 153 Å². The van der Waals surface area contributed by atoms with Gasteiger partial charge in [-0.3, -0.25) is 20.0 Å². The number of carbonyl (C=O) groups excluding carboxylic acids is 2. The van der Waals surface area contributed by atoms with Crippen molar-refractivity contribution in [2.45, 2.75) is 70.8 Å². The van der Waals surface area contributed by atoms with Gasteiger partial charge in [-0.25, -0.2) is 4.98 Å². The number of hydrogen-bond acceptors (Lipinski definition) is 7. The van der Waals surface area contributed by atoms with Crippen molar-refractivity contribution in [3.8, 4) is 0 Å². The predicted molar refractivity (Wildman–Crippen MR) is 159 cm³/mol. The monoisotopic (exact) mass is 559 g/mol. The number of piperidine rings is 1. The molecule has 1 saturated heterocycles. The minimum Gasteiger partial charge on any atom is -0.466 e. The van der Waals surface area contributed by atoms with E-state index in [2.05, 4.69) is 9.88 Å². The molecule has 218 valence electrons. The Morgan fingerprint density at radius 3 is 2.44 bits per heavy atom. The number of benzene rings is 1. The van der Waals surface area contributed by atoms with Gasteiger partial charge in [0.05, 0.1) is 23.1 Å². The smallest absolute Gasteiger partial charge is 0.312 e. The molecule has 1 unspecified atom stereocenters. The van der Waals surface area contributed by atoms with Gasteiger partial charge >= 0.3 is 5.97 Å². The molecule has 1 atom stereocenters. The Morgan fingerprint density at radius 1 is 1.10 bits per heavy atom. The maximum Gasteiger partial charge on any atom is 0.312 e. The van der Waals surface area contributed by atoms with Gasteiger partial charge in [-0.1, -0.05) is 19.3 Å². The second kappa shape index (κ2) is 12.3. The van der Waals surface area contributed by atoms with E-state index in [4.69, 9.17) is 26.6 Å². The van der Waals surface area contributed by atoms with Crippen LogP contribution in [0.15, 0.2) is 42.7 Å². The number of hydrogen-bond donors (Lipinski definition) is 3. The number of nitrogens with two attached hydrogens (primary N) is 2. The Hall–Kier alpha value is -3.95. The summed E-state index contributed by atoms with van der Waals surface area (Å²) in [6, 6.07) is 8.93. The van der Waals surface area contributed by atoms with E-state index in [1.807, 2.05) is 29.7 Å². The molecule has 0 spiro atoms. The van der Waals surface area contributed by atoms with Crippen LogP contribution in [0, 0.1) is 16.7 Å². The summed E-state index contributed by atoms with van der Waals surface area (Å²) in [6.45, 7) is 3.62. The first-order valence-electron chi connectivity index (χ1n) is 14.8. The molecular formula is C31H41N7O3. The lowest BCUT2D eigenvalue weighted by atomic mass is 9.74. The highest BCUT2D eigenvalue weighted by atomic mass is 16.5. The highest BCUT2D eigenvalue weighted by Crippen LogP contribution is 2.41. The predicted octanol–water partition coefficient (Wildman–Crippen LogP) is 4.10. The molecule has 0 bridgehead atoms. The lowest BCUT2D eigenvalue weighted by Crippen LogP contribution is -2.45. The number of fused-ring (bicyclic) bond motifs is 1. The molecule has 2 fully saturated rings. The molecule has 41 heavy (non-hydrogen) atoms. The number of aromatic nitrogens is 3. The highest BCUT2D eigenvalue weighted by Gasteiger charge is 2.43. The van der Waals surface area contributed by atoms with Crippen molar-refractivity contribution in [2.75, 3.05) is 24.6 Å². The van der Waals surface area contributed by atoms with Crippen molar-refractivity contribution in [3.63, 3.8) is 0 Å². The van der Waals surface area contributed by atoms with Crippen molar-refractivity contribution in [1.29, 1.82) is 5.41 Å². The van der Waals surface area contributed by atoms with Crippen LogP contribution in [0.3, 0.4) is 0 Å². The minimum absolute atomic E-state index is 0.0380. The molecule has 5 rings (SSSR count). The molecule has 0 radical (unpaired) electrons. The Morgan fingerprint density at radius 2 is 1.80 bits per heavy atom. The van der Waals surface area contributed by atoms with Gasteiger partial charge in [-0.05, 0) is 75.3 Å². The molecule has 5 N–H and O–H groups in total. The van der Waals surface area contributed by atoms with Crippen LogP contribution in [0.4, 0.5) is 5.69 Å². The van der Waals surface area contributed by atoms with E-state index in [1.54, 1.807) is 24.5 Å². The number of pyridine rings is 1. The summed E-state index contributed by atoms with van der Waals surface area (Å²) in [4.78, 5) is 37.9. The van der Waals surface area contributed by atoms with Crippen LogP contribution in [0.1, 0.15) is 75.7 Å². The van der Waals surface area contributed by atoms with E-state index in [1.165, 1.54) is 6.42 Å². The summed E-state index contributed by atoms with van der Waals surface area (Å²) in [7, 11) is 0. The van der Waals surface area contributed by atoms with Gasteiger partial charge in [0.2, 0.25) is 5.91 Å². The molecule has 3 aromatic rings. The lowest BCUT2D eigenvalue weighted by Gasteiger charge is -2.41. The quantitative estimate of drug-likeness (QED) is 0.192. The first-order valence-corrected chi connectivity index (χ1v) is 14.8. The maximum absolute atomic E-state index is 13.5. The molecule has 1 saturated carbocycles. The zero-order valence-electron chi connectivity index (χ0n) is 23.8. The number of primary amides is 1. The average Bonchev–Trinajstić information content (AvgIpc) is 3.34.